The van der Waals surface area contributed by atoms with Gasteiger partial charge < -0.3 is 0 Å². The summed E-state index contributed by atoms with van der Waals surface area (Å²) in [4.78, 5) is 13.9. The number of Topliss-reactive ketones (excluding diaryl/α,β-unsaturated/α-hetero) is 1. The Morgan fingerprint density at radius 2 is 1.81 bits per heavy atom. The van der Waals surface area contributed by atoms with Gasteiger partial charge in [0.05, 0.1) is 5.56 Å². The highest BCUT2D eigenvalue weighted by Crippen LogP contribution is 2.32. The van der Waals surface area contributed by atoms with Crippen molar-refractivity contribution in [2.24, 2.45) is 0 Å². The highest BCUT2D eigenvalue weighted by atomic mass is 32.1. The highest BCUT2D eigenvalue weighted by Gasteiger charge is 2.34. The van der Waals surface area contributed by atoms with E-state index in [0.29, 0.717) is 12.1 Å². The molecule has 0 amide bonds. The number of rotatable bonds is 4. The van der Waals surface area contributed by atoms with Crippen LogP contribution in [0.1, 0.15) is 32.6 Å². The Morgan fingerprint density at radius 1 is 1.14 bits per heavy atom. The molecule has 0 aliphatic carbocycles. The molecule has 0 radical (unpaired) electrons. The molecule has 1 aromatic carbocycles. The van der Waals surface area contributed by atoms with Crippen LogP contribution in [-0.2, 0) is 19.0 Å². The maximum absolute atomic E-state index is 13.2. The topological polar surface area (TPSA) is 17.1 Å². The summed E-state index contributed by atoms with van der Waals surface area (Å²) in [5, 5.41) is 0. The van der Waals surface area contributed by atoms with Crippen molar-refractivity contribution in [2.45, 2.75) is 25.9 Å². The third kappa shape index (κ3) is 3.69. The van der Waals surface area contributed by atoms with E-state index in [1.165, 1.54) is 11.3 Å². The molecule has 0 saturated carbocycles. The second-order valence-corrected chi connectivity index (χ2v) is 5.77. The minimum absolute atomic E-state index is 0.0214. The predicted molar refractivity (Wildman–Crippen MR) is 73.1 cm³/mol. The Balaban J connectivity index is 2.23. The van der Waals surface area contributed by atoms with Crippen LogP contribution in [0.4, 0.5) is 17.6 Å². The molecule has 0 atom stereocenters. The van der Waals surface area contributed by atoms with Gasteiger partial charge in [0.2, 0.25) is 0 Å². The molecular weight excluding hydrogens is 304 g/mol. The quantitative estimate of drug-likeness (QED) is 0.579. The van der Waals surface area contributed by atoms with E-state index < -0.39 is 23.3 Å². The van der Waals surface area contributed by atoms with Gasteiger partial charge in [-0.1, -0.05) is 6.92 Å². The summed E-state index contributed by atoms with van der Waals surface area (Å²) >= 11 is 1.45. The van der Waals surface area contributed by atoms with Crippen LogP contribution in [-0.4, -0.2) is 5.78 Å². The van der Waals surface area contributed by atoms with Crippen LogP contribution in [0, 0.1) is 5.82 Å². The number of carbonyl (C=O) groups is 1. The van der Waals surface area contributed by atoms with Crippen molar-refractivity contribution in [3.8, 4) is 0 Å². The van der Waals surface area contributed by atoms with Gasteiger partial charge in [0.25, 0.3) is 0 Å². The number of hydrogen-bond donors (Lipinski definition) is 0. The van der Waals surface area contributed by atoms with E-state index in [-0.39, 0.29) is 12.0 Å². The number of benzene rings is 1. The number of halogens is 4. The molecule has 0 unspecified atom stereocenters. The predicted octanol–water partition coefficient (Wildman–Crippen LogP) is 4.89. The molecular formula is C15H12F4OS. The van der Waals surface area contributed by atoms with Gasteiger partial charge >= 0.3 is 6.18 Å². The lowest BCUT2D eigenvalue weighted by atomic mass is 10.0. The van der Waals surface area contributed by atoms with Crippen molar-refractivity contribution in [2.75, 3.05) is 0 Å². The molecule has 1 nitrogen and oxygen atoms in total. The van der Waals surface area contributed by atoms with Crippen molar-refractivity contribution in [3.63, 3.8) is 0 Å². The summed E-state index contributed by atoms with van der Waals surface area (Å²) in [6, 6.07) is 6.02. The van der Waals surface area contributed by atoms with Gasteiger partial charge in [-0.15, -0.1) is 11.3 Å². The van der Waals surface area contributed by atoms with Gasteiger partial charge in [-0.05, 0) is 36.8 Å². The zero-order valence-electron chi connectivity index (χ0n) is 11.1. The van der Waals surface area contributed by atoms with E-state index in [0.717, 1.165) is 22.2 Å². The first-order valence-corrected chi connectivity index (χ1v) is 7.10. The van der Waals surface area contributed by atoms with Crippen molar-refractivity contribution in [1.82, 2.24) is 0 Å². The van der Waals surface area contributed by atoms with Gasteiger partial charge in [-0.2, -0.15) is 13.2 Å². The van der Waals surface area contributed by atoms with Gasteiger partial charge in [0.15, 0.2) is 5.78 Å². The fraction of sp³-hybridized carbons (Fsp3) is 0.267. The van der Waals surface area contributed by atoms with Gasteiger partial charge in [0, 0.05) is 21.7 Å². The van der Waals surface area contributed by atoms with E-state index in [1.807, 2.05) is 13.0 Å². The number of alkyl halides is 3. The number of thiophene rings is 1. The molecule has 0 aliphatic rings. The fourth-order valence-electron chi connectivity index (χ4n) is 1.88. The third-order valence-corrected chi connectivity index (χ3v) is 4.22. The molecule has 0 bridgehead atoms. The fourth-order valence-corrected chi connectivity index (χ4v) is 2.84. The second-order valence-electron chi connectivity index (χ2n) is 4.51. The minimum Gasteiger partial charge on any atom is -0.294 e. The molecule has 112 valence electrons. The minimum atomic E-state index is -4.81. The summed E-state index contributed by atoms with van der Waals surface area (Å²) in [5.41, 5.74) is -1.54. The molecule has 0 fully saturated rings. The second kappa shape index (κ2) is 5.97. The lowest BCUT2D eigenvalue weighted by Crippen LogP contribution is -2.11. The number of hydrogen-bond acceptors (Lipinski definition) is 2. The van der Waals surface area contributed by atoms with Crippen LogP contribution in [0.5, 0.6) is 0 Å². The summed E-state index contributed by atoms with van der Waals surface area (Å²) in [6.45, 7) is 1.98. The maximum Gasteiger partial charge on any atom is 0.419 e. The standard InChI is InChI=1S/C15H12F4OS/c1-2-10-4-5-11(21-10)8-14(20)9-3-6-13(16)12(7-9)15(17,18)19/h3-7H,2,8H2,1H3. The smallest absolute Gasteiger partial charge is 0.294 e. The van der Waals surface area contributed by atoms with E-state index in [9.17, 15) is 22.4 Å². The average Bonchev–Trinajstić information content (AvgIpc) is 2.85. The van der Waals surface area contributed by atoms with Gasteiger partial charge in [0.1, 0.15) is 5.82 Å². The Morgan fingerprint density at radius 3 is 2.38 bits per heavy atom. The summed E-state index contributed by atoms with van der Waals surface area (Å²) in [7, 11) is 0. The largest absolute Gasteiger partial charge is 0.419 e. The lowest BCUT2D eigenvalue weighted by Gasteiger charge is -2.09. The molecule has 0 saturated heterocycles. The first kappa shape index (κ1) is 15.7. The highest BCUT2D eigenvalue weighted by molar-refractivity contribution is 7.12. The third-order valence-electron chi connectivity index (χ3n) is 2.99. The van der Waals surface area contributed by atoms with Crippen LogP contribution in [0.15, 0.2) is 30.3 Å². The van der Waals surface area contributed by atoms with Crippen molar-refractivity contribution in [1.29, 1.82) is 0 Å². The maximum atomic E-state index is 13.2. The monoisotopic (exact) mass is 316 g/mol. The summed E-state index contributed by atoms with van der Waals surface area (Å²) in [6.07, 6.45) is -3.94. The molecule has 0 N–H and O–H groups in total. The van der Waals surface area contributed by atoms with E-state index in [1.54, 1.807) is 6.07 Å². The van der Waals surface area contributed by atoms with Crippen molar-refractivity contribution < 1.29 is 22.4 Å². The van der Waals surface area contributed by atoms with E-state index in [2.05, 4.69) is 0 Å². The van der Waals surface area contributed by atoms with Gasteiger partial charge in [-0.25, -0.2) is 4.39 Å². The molecule has 2 rings (SSSR count). The van der Waals surface area contributed by atoms with Crippen LogP contribution < -0.4 is 0 Å². The first-order chi connectivity index (χ1) is 9.81. The SMILES string of the molecule is CCc1ccc(CC(=O)c2ccc(F)c(C(F)(F)F)c2)s1. The van der Waals surface area contributed by atoms with Crippen LogP contribution in [0.25, 0.3) is 0 Å². The Bertz CT molecular complexity index is 658. The van der Waals surface area contributed by atoms with Crippen LogP contribution >= 0.6 is 11.3 Å². The Labute approximate surface area is 123 Å². The summed E-state index contributed by atoms with van der Waals surface area (Å²) in [5.74, 6) is -1.83. The Kier molecular flexibility index (Phi) is 4.46. The average molecular weight is 316 g/mol. The zero-order valence-corrected chi connectivity index (χ0v) is 11.9. The normalized spacial score (nSPS) is 11.7. The van der Waals surface area contributed by atoms with E-state index >= 15 is 0 Å². The van der Waals surface area contributed by atoms with Crippen LogP contribution in [0.3, 0.4) is 0 Å². The molecule has 2 aromatic rings. The van der Waals surface area contributed by atoms with E-state index in [4.69, 9.17) is 0 Å². The van der Waals surface area contributed by atoms with Gasteiger partial charge in [-0.3, -0.25) is 4.79 Å². The number of carbonyl (C=O) groups excluding carboxylic acids is 1. The van der Waals surface area contributed by atoms with Crippen molar-refractivity contribution >= 4 is 17.1 Å². The van der Waals surface area contributed by atoms with Crippen LogP contribution in [0.2, 0.25) is 0 Å². The Hall–Kier alpha value is -1.69. The lowest BCUT2D eigenvalue weighted by molar-refractivity contribution is -0.140. The molecule has 0 spiro atoms. The zero-order chi connectivity index (χ0) is 15.6. The number of aryl methyl sites for hydroxylation is 1. The molecule has 0 aliphatic heterocycles. The summed E-state index contributed by atoms with van der Waals surface area (Å²) < 4.78 is 51.0. The van der Waals surface area contributed by atoms with Crippen molar-refractivity contribution in [3.05, 3.63) is 57.0 Å². The molecule has 1 heterocycles. The number of ketones is 1. The first-order valence-electron chi connectivity index (χ1n) is 6.28. The molecule has 21 heavy (non-hydrogen) atoms. The molecule has 1 aromatic heterocycles. The molecule has 6 heteroatoms.